The summed E-state index contributed by atoms with van der Waals surface area (Å²) in [6.45, 7) is 2.26. The predicted octanol–water partition coefficient (Wildman–Crippen LogP) is 3.33. The number of benzene rings is 1. The van der Waals surface area contributed by atoms with Crippen LogP contribution in [-0.2, 0) is 11.4 Å². The molecular weight excluding hydrogens is 358 g/mol. The molecule has 3 amide bonds. The maximum Gasteiger partial charge on any atom is 0.321 e. The first kappa shape index (κ1) is 18.4. The molecule has 1 aromatic heterocycles. The minimum absolute atomic E-state index is 0.165. The number of likely N-dealkylation sites (tertiary alicyclic amines) is 2. The number of piperidine rings is 1. The van der Waals surface area contributed by atoms with Crippen LogP contribution in [0.2, 0.25) is 0 Å². The van der Waals surface area contributed by atoms with Gasteiger partial charge in [-0.25, -0.2) is 4.79 Å². The zero-order valence-corrected chi connectivity index (χ0v) is 16.0. The second-order valence-corrected chi connectivity index (χ2v) is 7.60. The molecule has 0 aliphatic carbocycles. The van der Waals surface area contributed by atoms with Gasteiger partial charge in [0.25, 0.3) is 0 Å². The molecule has 2 fully saturated rings. The van der Waals surface area contributed by atoms with Crippen LogP contribution in [0.4, 0.5) is 10.5 Å². The van der Waals surface area contributed by atoms with Crippen LogP contribution in [0.3, 0.4) is 0 Å². The first-order valence-corrected chi connectivity index (χ1v) is 9.62. The highest BCUT2D eigenvalue weighted by Crippen LogP contribution is 2.39. The molecule has 4 rings (SSSR count). The van der Waals surface area contributed by atoms with Crippen molar-refractivity contribution in [2.24, 2.45) is 5.41 Å². The van der Waals surface area contributed by atoms with Crippen LogP contribution >= 0.6 is 0 Å². The van der Waals surface area contributed by atoms with Crippen molar-refractivity contribution in [2.75, 3.05) is 32.0 Å². The summed E-state index contributed by atoms with van der Waals surface area (Å²) in [6.07, 6.45) is 4.21. The number of hydrogen-bond acceptors (Lipinski definition) is 4. The third-order valence-electron chi connectivity index (χ3n) is 5.66. The highest BCUT2D eigenvalue weighted by molar-refractivity contribution is 5.91. The molecule has 1 N–H and O–H groups in total. The van der Waals surface area contributed by atoms with Crippen molar-refractivity contribution in [2.45, 2.75) is 25.9 Å². The molecule has 0 bridgehead atoms. The minimum Gasteiger partial charge on any atom is -0.486 e. The van der Waals surface area contributed by atoms with Gasteiger partial charge in [-0.2, -0.15) is 0 Å². The van der Waals surface area contributed by atoms with E-state index in [0.29, 0.717) is 31.1 Å². The van der Waals surface area contributed by atoms with E-state index in [1.807, 2.05) is 31.3 Å². The van der Waals surface area contributed by atoms with E-state index in [1.165, 1.54) is 0 Å². The van der Waals surface area contributed by atoms with E-state index in [9.17, 15) is 9.59 Å². The van der Waals surface area contributed by atoms with Gasteiger partial charge in [-0.3, -0.25) is 4.79 Å². The number of carbonyl (C=O) groups excluding carboxylic acids is 2. The zero-order valence-electron chi connectivity index (χ0n) is 16.0. The van der Waals surface area contributed by atoms with Gasteiger partial charge in [0, 0.05) is 32.4 Å². The van der Waals surface area contributed by atoms with Crippen molar-refractivity contribution >= 4 is 17.6 Å². The summed E-state index contributed by atoms with van der Waals surface area (Å²) in [5.74, 6) is 1.63. The Hall–Kier alpha value is -2.96. The van der Waals surface area contributed by atoms with Crippen LogP contribution in [0.25, 0.3) is 0 Å². The summed E-state index contributed by atoms with van der Waals surface area (Å²) in [5, 5.41) is 2.92. The molecule has 1 atom stereocenters. The molecule has 3 heterocycles. The van der Waals surface area contributed by atoms with Crippen LogP contribution in [0.5, 0.6) is 5.75 Å². The van der Waals surface area contributed by atoms with Gasteiger partial charge in [0.05, 0.1) is 11.7 Å². The number of furan rings is 1. The van der Waals surface area contributed by atoms with Crippen LogP contribution in [-0.4, -0.2) is 48.4 Å². The van der Waals surface area contributed by atoms with Gasteiger partial charge in [0.2, 0.25) is 5.91 Å². The van der Waals surface area contributed by atoms with Crippen molar-refractivity contribution in [1.82, 2.24) is 9.80 Å². The topological polar surface area (TPSA) is 75.0 Å². The fourth-order valence-electron chi connectivity index (χ4n) is 4.08. The van der Waals surface area contributed by atoms with Gasteiger partial charge in [-0.15, -0.1) is 0 Å². The Labute approximate surface area is 164 Å². The Bertz CT molecular complexity index is 834. The van der Waals surface area contributed by atoms with Gasteiger partial charge in [-0.1, -0.05) is 0 Å². The lowest BCUT2D eigenvalue weighted by atomic mass is 9.78. The standard InChI is InChI=1S/C21H25N3O4/c1-23-11-3-9-21(19(23)25)10-12-24(15-21)20(26)22-16-5-7-17(8-6-16)28-14-18-4-2-13-27-18/h2,4-8,13H,3,9-12,14-15H2,1H3,(H,22,26). The van der Waals surface area contributed by atoms with Crippen molar-refractivity contribution in [3.63, 3.8) is 0 Å². The lowest BCUT2D eigenvalue weighted by Gasteiger charge is -2.37. The third-order valence-corrected chi connectivity index (χ3v) is 5.66. The normalized spacial score (nSPS) is 22.0. The van der Waals surface area contributed by atoms with Crippen LogP contribution < -0.4 is 10.1 Å². The van der Waals surface area contributed by atoms with Crippen LogP contribution in [0, 0.1) is 5.41 Å². The average molecular weight is 383 g/mol. The predicted molar refractivity (Wildman–Crippen MR) is 104 cm³/mol. The van der Waals surface area contributed by atoms with Gasteiger partial charge < -0.3 is 24.3 Å². The van der Waals surface area contributed by atoms with Gasteiger partial charge in [0.15, 0.2) is 0 Å². The van der Waals surface area contributed by atoms with Gasteiger partial charge in [0.1, 0.15) is 18.1 Å². The number of amides is 3. The molecule has 2 saturated heterocycles. The Morgan fingerprint density at radius 2 is 2.04 bits per heavy atom. The largest absolute Gasteiger partial charge is 0.486 e. The number of ether oxygens (including phenoxy) is 1. The number of hydrogen-bond donors (Lipinski definition) is 1. The van der Waals surface area contributed by atoms with Gasteiger partial charge in [-0.05, 0) is 55.7 Å². The second-order valence-electron chi connectivity index (χ2n) is 7.60. The third kappa shape index (κ3) is 3.69. The summed E-state index contributed by atoms with van der Waals surface area (Å²) >= 11 is 0. The number of nitrogens with zero attached hydrogens (tertiary/aromatic N) is 2. The lowest BCUT2D eigenvalue weighted by Crippen LogP contribution is -2.49. The SMILES string of the molecule is CN1CCCC2(CCN(C(=O)Nc3ccc(OCc4ccco4)cc3)C2)C1=O. The van der Waals surface area contributed by atoms with E-state index in [2.05, 4.69) is 5.32 Å². The Morgan fingerprint density at radius 3 is 2.79 bits per heavy atom. The quantitative estimate of drug-likeness (QED) is 0.879. The molecular formula is C21H25N3O4. The monoisotopic (exact) mass is 383 g/mol. The summed E-state index contributed by atoms with van der Waals surface area (Å²) < 4.78 is 10.9. The highest BCUT2D eigenvalue weighted by atomic mass is 16.5. The molecule has 2 aliphatic heterocycles. The van der Waals surface area contributed by atoms with Crippen molar-refractivity contribution in [3.05, 3.63) is 48.4 Å². The smallest absolute Gasteiger partial charge is 0.321 e. The first-order valence-electron chi connectivity index (χ1n) is 9.62. The van der Waals surface area contributed by atoms with Crippen molar-refractivity contribution < 1.29 is 18.7 Å². The Morgan fingerprint density at radius 1 is 1.21 bits per heavy atom. The summed E-state index contributed by atoms with van der Waals surface area (Å²) in [5.41, 5.74) is 0.303. The molecule has 7 heteroatoms. The Kier molecular flexibility index (Phi) is 4.98. The van der Waals surface area contributed by atoms with E-state index in [4.69, 9.17) is 9.15 Å². The zero-order chi connectivity index (χ0) is 19.6. The number of rotatable bonds is 4. The molecule has 2 aromatic rings. The average Bonchev–Trinajstić information content (AvgIpc) is 3.36. The first-order chi connectivity index (χ1) is 13.6. The molecule has 1 aromatic carbocycles. The van der Waals surface area contributed by atoms with Crippen LogP contribution in [0.15, 0.2) is 47.1 Å². The molecule has 1 unspecified atom stereocenters. The highest BCUT2D eigenvalue weighted by Gasteiger charge is 2.48. The molecule has 1 spiro atoms. The molecule has 0 saturated carbocycles. The molecule has 2 aliphatic rings. The van der Waals surface area contributed by atoms with Crippen LogP contribution in [0.1, 0.15) is 25.0 Å². The minimum atomic E-state index is -0.395. The number of nitrogens with one attached hydrogen (secondary N) is 1. The van der Waals surface area contributed by atoms with Crippen molar-refractivity contribution in [3.8, 4) is 5.75 Å². The second kappa shape index (κ2) is 7.58. The van der Waals surface area contributed by atoms with E-state index in [-0.39, 0.29) is 11.9 Å². The molecule has 148 valence electrons. The number of anilines is 1. The Balaban J connectivity index is 1.32. The fraction of sp³-hybridized carbons (Fsp3) is 0.429. The summed E-state index contributed by atoms with van der Waals surface area (Å²) in [4.78, 5) is 28.8. The lowest BCUT2D eigenvalue weighted by molar-refractivity contribution is -0.143. The molecule has 28 heavy (non-hydrogen) atoms. The number of carbonyl (C=O) groups is 2. The number of urea groups is 1. The summed E-state index contributed by atoms with van der Waals surface area (Å²) in [7, 11) is 1.85. The van der Waals surface area contributed by atoms with E-state index in [1.54, 1.807) is 28.2 Å². The maximum atomic E-state index is 12.6. The van der Waals surface area contributed by atoms with E-state index in [0.717, 1.165) is 31.6 Å². The van der Waals surface area contributed by atoms with E-state index >= 15 is 0 Å². The van der Waals surface area contributed by atoms with E-state index < -0.39 is 5.41 Å². The van der Waals surface area contributed by atoms with Crippen molar-refractivity contribution in [1.29, 1.82) is 0 Å². The summed E-state index contributed by atoms with van der Waals surface area (Å²) in [6, 6.07) is 10.7. The maximum absolute atomic E-state index is 12.6. The molecule has 0 radical (unpaired) electrons. The fourth-order valence-corrected chi connectivity index (χ4v) is 4.08. The molecule has 7 nitrogen and oxygen atoms in total. The van der Waals surface area contributed by atoms with Gasteiger partial charge >= 0.3 is 6.03 Å².